The van der Waals surface area contributed by atoms with Gasteiger partial charge in [-0.3, -0.25) is 4.79 Å². The highest BCUT2D eigenvalue weighted by molar-refractivity contribution is 7.89. The van der Waals surface area contributed by atoms with Gasteiger partial charge in [-0.1, -0.05) is 48.5 Å². The van der Waals surface area contributed by atoms with Gasteiger partial charge in [0.1, 0.15) is 10.7 Å². The Balaban J connectivity index is 1.53. The molecule has 1 amide bonds. The summed E-state index contributed by atoms with van der Waals surface area (Å²) < 4.78 is 30.9. The summed E-state index contributed by atoms with van der Waals surface area (Å²) in [6.07, 6.45) is 1.59. The second kappa shape index (κ2) is 10.2. The normalized spacial score (nSPS) is 11.6. The third-order valence-corrected chi connectivity index (χ3v) is 7.08. The van der Waals surface area contributed by atoms with Crippen molar-refractivity contribution in [3.05, 3.63) is 89.7 Å². The number of aryl methyl sites for hydroxylation is 3. The van der Waals surface area contributed by atoms with Gasteiger partial charge >= 0.3 is 0 Å². The molecule has 0 saturated carbocycles. The van der Waals surface area contributed by atoms with E-state index in [4.69, 9.17) is 4.98 Å². The van der Waals surface area contributed by atoms with Gasteiger partial charge in [0.15, 0.2) is 0 Å². The van der Waals surface area contributed by atoms with Crippen LogP contribution in [0, 0.1) is 6.92 Å². The number of amides is 1. The Morgan fingerprint density at radius 1 is 0.971 bits per heavy atom. The van der Waals surface area contributed by atoms with E-state index >= 15 is 0 Å². The van der Waals surface area contributed by atoms with E-state index in [1.54, 1.807) is 18.2 Å². The summed E-state index contributed by atoms with van der Waals surface area (Å²) >= 11 is 0. The number of para-hydroxylation sites is 2. The van der Waals surface area contributed by atoms with E-state index in [0.29, 0.717) is 6.54 Å². The number of carbonyl (C=O) groups is 1. The molecule has 7 nitrogen and oxygen atoms in total. The predicted octanol–water partition coefficient (Wildman–Crippen LogP) is 4.07. The highest BCUT2D eigenvalue weighted by Crippen LogP contribution is 2.23. The first-order valence-corrected chi connectivity index (χ1v) is 12.7. The van der Waals surface area contributed by atoms with Crippen molar-refractivity contribution in [2.75, 3.05) is 11.9 Å². The summed E-state index contributed by atoms with van der Waals surface area (Å²) in [6, 6.07) is 23.0. The fraction of sp³-hybridized carbons (Fsp3) is 0.231. The lowest BCUT2D eigenvalue weighted by Crippen LogP contribution is -2.29. The Hall–Kier alpha value is -3.49. The second-order valence-electron chi connectivity index (χ2n) is 8.23. The van der Waals surface area contributed by atoms with Crippen molar-refractivity contribution in [2.45, 2.75) is 38.1 Å². The first-order valence-electron chi connectivity index (χ1n) is 11.2. The van der Waals surface area contributed by atoms with Gasteiger partial charge in [-0.2, -0.15) is 0 Å². The molecule has 176 valence electrons. The molecule has 0 saturated heterocycles. The molecule has 0 fully saturated rings. The van der Waals surface area contributed by atoms with E-state index in [1.807, 2.05) is 49.4 Å². The first kappa shape index (κ1) is 23.7. The van der Waals surface area contributed by atoms with E-state index in [2.05, 4.69) is 26.7 Å². The Morgan fingerprint density at radius 3 is 2.47 bits per heavy atom. The zero-order chi connectivity index (χ0) is 24.1. The van der Waals surface area contributed by atoms with Gasteiger partial charge in [-0.25, -0.2) is 18.1 Å². The number of fused-ring (bicyclic) bond motifs is 1. The predicted molar refractivity (Wildman–Crippen MR) is 134 cm³/mol. The van der Waals surface area contributed by atoms with E-state index in [9.17, 15) is 13.2 Å². The zero-order valence-electron chi connectivity index (χ0n) is 19.3. The van der Waals surface area contributed by atoms with Gasteiger partial charge < -0.3 is 9.88 Å². The van der Waals surface area contributed by atoms with Crippen molar-refractivity contribution in [3.63, 3.8) is 0 Å². The highest BCUT2D eigenvalue weighted by atomic mass is 32.2. The van der Waals surface area contributed by atoms with Gasteiger partial charge in [0.05, 0.1) is 16.7 Å². The zero-order valence-corrected chi connectivity index (χ0v) is 20.1. The molecule has 0 unspecified atom stereocenters. The van der Waals surface area contributed by atoms with Crippen LogP contribution >= 0.6 is 0 Å². The molecular formula is C26H28N4O3S. The summed E-state index contributed by atoms with van der Waals surface area (Å²) in [5, 5.41) is 2.60. The molecule has 0 radical (unpaired) electrons. The Kier molecular flexibility index (Phi) is 7.09. The standard InChI is InChI=1S/C26H28N4O3S/c1-19-12-14-23(28-20(2)31)25(18-19)34(32,33)27-16-17-30-24-11-7-6-10-22(24)29-26(30)15-13-21-8-4-3-5-9-21/h3-12,14,18,27H,13,15-17H2,1-2H3,(H,28,31). The summed E-state index contributed by atoms with van der Waals surface area (Å²) in [7, 11) is -3.83. The third-order valence-electron chi connectivity index (χ3n) is 5.58. The van der Waals surface area contributed by atoms with E-state index < -0.39 is 10.0 Å². The van der Waals surface area contributed by atoms with Crippen molar-refractivity contribution in [3.8, 4) is 0 Å². The molecule has 0 atom stereocenters. The molecule has 34 heavy (non-hydrogen) atoms. The van der Waals surface area contributed by atoms with Crippen LogP contribution in [0.25, 0.3) is 11.0 Å². The maximum Gasteiger partial charge on any atom is 0.242 e. The number of anilines is 1. The summed E-state index contributed by atoms with van der Waals surface area (Å²) in [5.74, 6) is 0.590. The molecule has 2 N–H and O–H groups in total. The molecule has 1 heterocycles. The molecule has 0 bridgehead atoms. The van der Waals surface area contributed by atoms with Crippen molar-refractivity contribution in [2.24, 2.45) is 0 Å². The fourth-order valence-corrected chi connectivity index (χ4v) is 5.25. The summed E-state index contributed by atoms with van der Waals surface area (Å²) in [6.45, 7) is 3.79. The number of rotatable bonds is 9. The highest BCUT2D eigenvalue weighted by Gasteiger charge is 2.20. The number of nitrogens with zero attached hydrogens (tertiary/aromatic N) is 2. The number of imidazole rings is 1. The fourth-order valence-electron chi connectivity index (χ4n) is 3.98. The van der Waals surface area contributed by atoms with Crippen LogP contribution < -0.4 is 10.0 Å². The smallest absolute Gasteiger partial charge is 0.242 e. The topological polar surface area (TPSA) is 93.1 Å². The van der Waals surface area contributed by atoms with Crippen LogP contribution in [-0.2, 0) is 34.2 Å². The lowest BCUT2D eigenvalue weighted by atomic mass is 10.1. The largest absolute Gasteiger partial charge is 0.327 e. The van der Waals surface area contributed by atoms with Crippen molar-refractivity contribution >= 4 is 32.7 Å². The number of carbonyl (C=O) groups excluding carboxylic acids is 1. The van der Waals surface area contributed by atoms with Gasteiger partial charge in [0, 0.05) is 26.4 Å². The number of aromatic nitrogens is 2. The molecule has 4 rings (SSSR count). The van der Waals surface area contributed by atoms with Crippen LogP contribution in [0.2, 0.25) is 0 Å². The van der Waals surface area contributed by atoms with Gasteiger partial charge in [-0.15, -0.1) is 0 Å². The second-order valence-corrected chi connectivity index (χ2v) is 9.97. The average molecular weight is 477 g/mol. The molecule has 0 spiro atoms. The molecular weight excluding hydrogens is 448 g/mol. The van der Waals surface area contributed by atoms with Crippen molar-refractivity contribution in [1.82, 2.24) is 14.3 Å². The Labute approximate surface area is 199 Å². The van der Waals surface area contributed by atoms with E-state index in [1.165, 1.54) is 12.5 Å². The minimum atomic E-state index is -3.83. The Morgan fingerprint density at radius 2 is 1.71 bits per heavy atom. The molecule has 1 aromatic heterocycles. The minimum Gasteiger partial charge on any atom is -0.327 e. The van der Waals surface area contributed by atoms with E-state index in [0.717, 1.165) is 35.3 Å². The van der Waals surface area contributed by atoms with Crippen LogP contribution in [0.1, 0.15) is 23.9 Å². The maximum atomic E-state index is 13.1. The number of sulfonamides is 1. The number of benzene rings is 3. The number of hydrogen-bond acceptors (Lipinski definition) is 4. The minimum absolute atomic E-state index is 0.0579. The average Bonchev–Trinajstić information content (AvgIpc) is 3.16. The molecule has 0 aliphatic rings. The van der Waals surface area contributed by atoms with Crippen LogP contribution in [0.15, 0.2) is 77.7 Å². The monoisotopic (exact) mass is 476 g/mol. The molecule has 8 heteroatoms. The van der Waals surface area contributed by atoms with Crippen molar-refractivity contribution in [1.29, 1.82) is 0 Å². The molecule has 0 aliphatic carbocycles. The lowest BCUT2D eigenvalue weighted by molar-refractivity contribution is -0.114. The van der Waals surface area contributed by atoms with Crippen LogP contribution in [0.3, 0.4) is 0 Å². The van der Waals surface area contributed by atoms with Crippen molar-refractivity contribution < 1.29 is 13.2 Å². The molecule has 3 aromatic carbocycles. The quantitative estimate of drug-likeness (QED) is 0.381. The third kappa shape index (κ3) is 5.52. The maximum absolute atomic E-state index is 13.1. The van der Waals surface area contributed by atoms with Crippen LogP contribution in [0.4, 0.5) is 5.69 Å². The van der Waals surface area contributed by atoms with E-state index in [-0.39, 0.29) is 23.0 Å². The lowest BCUT2D eigenvalue weighted by Gasteiger charge is -2.14. The van der Waals surface area contributed by atoms with Gasteiger partial charge in [0.25, 0.3) is 0 Å². The molecule has 4 aromatic rings. The number of nitrogens with one attached hydrogen (secondary N) is 2. The molecule has 0 aliphatic heterocycles. The van der Waals surface area contributed by atoms with Gasteiger partial charge in [0.2, 0.25) is 15.9 Å². The van der Waals surface area contributed by atoms with Crippen LogP contribution in [0.5, 0.6) is 0 Å². The number of hydrogen-bond donors (Lipinski definition) is 2. The SMILES string of the molecule is CC(=O)Nc1ccc(C)cc1S(=O)(=O)NCCn1c(CCc2ccccc2)nc2ccccc21. The van der Waals surface area contributed by atoms with Gasteiger partial charge in [-0.05, 0) is 48.7 Å². The summed E-state index contributed by atoms with van der Waals surface area (Å²) in [5.41, 5.74) is 4.14. The summed E-state index contributed by atoms with van der Waals surface area (Å²) in [4.78, 5) is 16.4. The Bertz CT molecular complexity index is 1410. The first-order chi connectivity index (χ1) is 16.3. The van der Waals surface area contributed by atoms with Crippen LogP contribution in [-0.4, -0.2) is 30.4 Å².